The van der Waals surface area contributed by atoms with Crippen LogP contribution in [0.1, 0.15) is 0 Å². The molecule has 0 atom stereocenters. The quantitative estimate of drug-likeness (QED) is 0.835. The van der Waals surface area contributed by atoms with Crippen LogP contribution in [0.5, 0.6) is 0 Å². The first kappa shape index (κ1) is 8.31. The summed E-state index contributed by atoms with van der Waals surface area (Å²) in [6, 6.07) is 8.80. The van der Waals surface area contributed by atoms with Crippen molar-refractivity contribution in [3.8, 4) is 0 Å². The number of ether oxygens (including phenoxy) is 1. The van der Waals surface area contributed by atoms with Crippen molar-refractivity contribution in [3.63, 3.8) is 0 Å². The van der Waals surface area contributed by atoms with E-state index < -0.39 is 0 Å². The standard InChI is InChI=1S/C9H10INO/c10-8-3-1-2-4-9(8)11-7-5-12-6-7/h1-4,7,11H,5-6H2. The van der Waals surface area contributed by atoms with Gasteiger partial charge in [0.15, 0.2) is 0 Å². The van der Waals surface area contributed by atoms with Crippen LogP contribution < -0.4 is 5.32 Å². The lowest BCUT2D eigenvalue weighted by Gasteiger charge is -2.28. The molecule has 2 nitrogen and oxygen atoms in total. The van der Waals surface area contributed by atoms with Crippen molar-refractivity contribution in [1.82, 2.24) is 0 Å². The molecule has 2 rings (SSSR count). The Bertz CT molecular complexity index is 273. The second-order valence-electron chi connectivity index (χ2n) is 2.86. The van der Waals surface area contributed by atoms with Crippen LogP contribution in [0.15, 0.2) is 24.3 Å². The van der Waals surface area contributed by atoms with Gasteiger partial charge >= 0.3 is 0 Å². The van der Waals surface area contributed by atoms with E-state index in [0.717, 1.165) is 13.2 Å². The highest BCUT2D eigenvalue weighted by Gasteiger charge is 2.18. The van der Waals surface area contributed by atoms with Gasteiger partial charge in [-0.15, -0.1) is 0 Å². The van der Waals surface area contributed by atoms with Crippen molar-refractivity contribution < 1.29 is 4.74 Å². The number of halogens is 1. The van der Waals surface area contributed by atoms with E-state index >= 15 is 0 Å². The Morgan fingerprint density at radius 1 is 1.33 bits per heavy atom. The molecule has 0 unspecified atom stereocenters. The van der Waals surface area contributed by atoms with E-state index in [-0.39, 0.29) is 0 Å². The van der Waals surface area contributed by atoms with Gasteiger partial charge in [-0.05, 0) is 34.7 Å². The monoisotopic (exact) mass is 275 g/mol. The lowest BCUT2D eigenvalue weighted by atomic mass is 10.2. The Kier molecular flexibility index (Phi) is 2.51. The van der Waals surface area contributed by atoms with Gasteiger partial charge in [0.1, 0.15) is 0 Å². The van der Waals surface area contributed by atoms with Crippen LogP contribution in [0.4, 0.5) is 5.69 Å². The third-order valence-corrected chi connectivity index (χ3v) is 2.81. The van der Waals surface area contributed by atoms with Crippen molar-refractivity contribution in [2.45, 2.75) is 6.04 Å². The largest absolute Gasteiger partial charge is 0.377 e. The summed E-state index contributed by atoms with van der Waals surface area (Å²) < 4.78 is 6.35. The molecule has 1 aromatic rings. The molecule has 1 heterocycles. The zero-order chi connectivity index (χ0) is 8.39. The first-order valence-corrected chi connectivity index (χ1v) is 5.03. The summed E-state index contributed by atoms with van der Waals surface area (Å²) in [5.41, 5.74) is 1.21. The van der Waals surface area contributed by atoms with Gasteiger partial charge < -0.3 is 10.1 Å². The number of hydrogen-bond acceptors (Lipinski definition) is 2. The number of nitrogens with one attached hydrogen (secondary N) is 1. The molecule has 1 aromatic carbocycles. The minimum Gasteiger partial charge on any atom is -0.377 e. The number of para-hydroxylation sites is 1. The molecule has 0 spiro atoms. The number of rotatable bonds is 2. The van der Waals surface area contributed by atoms with Crippen molar-refractivity contribution in [2.75, 3.05) is 18.5 Å². The summed E-state index contributed by atoms with van der Waals surface area (Å²) in [5, 5.41) is 3.41. The summed E-state index contributed by atoms with van der Waals surface area (Å²) in [5.74, 6) is 0. The summed E-state index contributed by atoms with van der Waals surface area (Å²) in [4.78, 5) is 0. The van der Waals surface area contributed by atoms with Gasteiger partial charge in [0.25, 0.3) is 0 Å². The molecule has 1 aliphatic rings. The lowest BCUT2D eigenvalue weighted by molar-refractivity contribution is 0.0211. The lowest BCUT2D eigenvalue weighted by Crippen LogP contribution is -2.40. The van der Waals surface area contributed by atoms with E-state index in [9.17, 15) is 0 Å². The van der Waals surface area contributed by atoms with Crippen LogP contribution in [0.2, 0.25) is 0 Å². The zero-order valence-electron chi connectivity index (χ0n) is 6.59. The van der Waals surface area contributed by atoms with E-state index in [0.29, 0.717) is 6.04 Å². The van der Waals surface area contributed by atoms with Gasteiger partial charge in [-0.2, -0.15) is 0 Å². The third kappa shape index (κ3) is 1.72. The van der Waals surface area contributed by atoms with E-state index in [2.05, 4.69) is 40.0 Å². The average molecular weight is 275 g/mol. The Labute approximate surface area is 85.4 Å². The highest BCUT2D eigenvalue weighted by molar-refractivity contribution is 14.1. The normalized spacial score (nSPS) is 17.1. The summed E-state index contributed by atoms with van der Waals surface area (Å²) in [7, 11) is 0. The maximum absolute atomic E-state index is 5.08. The molecule has 1 fully saturated rings. The van der Waals surface area contributed by atoms with E-state index in [1.54, 1.807) is 0 Å². The van der Waals surface area contributed by atoms with Gasteiger partial charge in [0, 0.05) is 9.26 Å². The minimum atomic E-state index is 0.515. The van der Waals surface area contributed by atoms with Crippen LogP contribution in [0, 0.1) is 3.57 Å². The van der Waals surface area contributed by atoms with Gasteiger partial charge in [-0.3, -0.25) is 0 Å². The fourth-order valence-corrected chi connectivity index (χ4v) is 1.66. The molecule has 3 heteroatoms. The summed E-state index contributed by atoms with van der Waals surface area (Å²) in [6.45, 7) is 1.68. The number of hydrogen-bond donors (Lipinski definition) is 1. The third-order valence-electron chi connectivity index (χ3n) is 1.87. The van der Waals surface area contributed by atoms with Crippen LogP contribution in [0.3, 0.4) is 0 Å². The molecule has 0 bridgehead atoms. The van der Waals surface area contributed by atoms with Gasteiger partial charge in [0.05, 0.1) is 19.3 Å². The Morgan fingerprint density at radius 3 is 2.67 bits per heavy atom. The van der Waals surface area contributed by atoms with E-state index in [1.165, 1.54) is 9.26 Å². The maximum Gasteiger partial charge on any atom is 0.0729 e. The highest BCUT2D eigenvalue weighted by atomic mass is 127. The van der Waals surface area contributed by atoms with Gasteiger partial charge in [-0.25, -0.2) is 0 Å². The van der Waals surface area contributed by atoms with Crippen molar-refractivity contribution in [2.24, 2.45) is 0 Å². The van der Waals surface area contributed by atoms with Crippen LogP contribution in [-0.2, 0) is 4.74 Å². The van der Waals surface area contributed by atoms with Crippen LogP contribution in [-0.4, -0.2) is 19.3 Å². The molecule has 12 heavy (non-hydrogen) atoms. The summed E-state index contributed by atoms with van der Waals surface area (Å²) in [6.07, 6.45) is 0. The maximum atomic E-state index is 5.08. The molecule has 1 aliphatic heterocycles. The average Bonchev–Trinajstić information content (AvgIpc) is 2.00. The number of benzene rings is 1. The molecule has 64 valence electrons. The molecule has 0 radical (unpaired) electrons. The fourth-order valence-electron chi connectivity index (χ4n) is 1.12. The second-order valence-corrected chi connectivity index (χ2v) is 4.02. The Morgan fingerprint density at radius 2 is 2.08 bits per heavy atom. The highest BCUT2D eigenvalue weighted by Crippen LogP contribution is 2.19. The fraction of sp³-hybridized carbons (Fsp3) is 0.333. The molecular weight excluding hydrogens is 265 g/mol. The second kappa shape index (κ2) is 3.62. The SMILES string of the molecule is Ic1ccccc1NC1COC1. The molecule has 0 amide bonds. The summed E-state index contributed by atoms with van der Waals surface area (Å²) >= 11 is 2.33. The first-order valence-electron chi connectivity index (χ1n) is 3.95. The van der Waals surface area contributed by atoms with Crippen molar-refractivity contribution in [1.29, 1.82) is 0 Å². The Balaban J connectivity index is 2.06. The molecule has 0 aromatic heterocycles. The first-order chi connectivity index (χ1) is 5.86. The molecular formula is C9H10INO. The predicted octanol–water partition coefficient (Wildman–Crippen LogP) is 2.10. The van der Waals surface area contributed by atoms with Crippen LogP contribution >= 0.6 is 22.6 Å². The van der Waals surface area contributed by atoms with Gasteiger partial charge in [-0.1, -0.05) is 12.1 Å². The van der Waals surface area contributed by atoms with E-state index in [4.69, 9.17) is 4.74 Å². The molecule has 0 aliphatic carbocycles. The predicted molar refractivity (Wildman–Crippen MR) is 57.4 cm³/mol. The van der Waals surface area contributed by atoms with E-state index in [1.807, 2.05) is 12.1 Å². The van der Waals surface area contributed by atoms with Crippen LogP contribution in [0.25, 0.3) is 0 Å². The minimum absolute atomic E-state index is 0.515. The van der Waals surface area contributed by atoms with Crippen molar-refractivity contribution >= 4 is 28.3 Å². The smallest absolute Gasteiger partial charge is 0.0729 e. The Hall–Kier alpha value is -0.290. The van der Waals surface area contributed by atoms with Crippen molar-refractivity contribution in [3.05, 3.63) is 27.8 Å². The molecule has 1 saturated heterocycles. The number of anilines is 1. The topological polar surface area (TPSA) is 21.3 Å². The zero-order valence-corrected chi connectivity index (χ0v) is 8.74. The molecule has 1 N–H and O–H groups in total. The molecule has 0 saturated carbocycles. The van der Waals surface area contributed by atoms with Gasteiger partial charge in [0.2, 0.25) is 0 Å².